The molecule has 1 aromatic rings. The number of hydrogen-bond acceptors (Lipinski definition) is 4. The van der Waals surface area contributed by atoms with Gasteiger partial charge in [-0.05, 0) is 12.5 Å². The van der Waals surface area contributed by atoms with Crippen LogP contribution in [-0.4, -0.2) is 42.1 Å². The van der Waals surface area contributed by atoms with Crippen molar-refractivity contribution in [2.45, 2.75) is 13.3 Å². The molecule has 1 heterocycles. The zero-order chi connectivity index (χ0) is 13.5. The number of likely N-dealkylation sites (N-methyl/N-ethyl adjacent to an activating group) is 1. The van der Waals surface area contributed by atoms with E-state index in [1.165, 1.54) is 18.5 Å². The molecule has 0 aliphatic rings. The van der Waals surface area contributed by atoms with Gasteiger partial charge in [-0.1, -0.05) is 6.92 Å². The molecule has 0 aliphatic heterocycles. The van der Waals surface area contributed by atoms with Crippen LogP contribution in [0.15, 0.2) is 18.5 Å². The van der Waals surface area contributed by atoms with Crippen LogP contribution in [0.25, 0.3) is 0 Å². The number of carbonyl (C=O) groups excluding carboxylic acids is 1. The predicted octanol–water partition coefficient (Wildman–Crippen LogP) is 0.742. The molecule has 0 bridgehead atoms. The Labute approximate surface area is 106 Å². The van der Waals surface area contributed by atoms with Gasteiger partial charge < -0.3 is 15.3 Å². The Kier molecular flexibility index (Phi) is 5.10. The van der Waals surface area contributed by atoms with E-state index in [9.17, 15) is 9.59 Å². The summed E-state index contributed by atoms with van der Waals surface area (Å²) in [7, 11) is 1.55. The lowest BCUT2D eigenvalue weighted by molar-refractivity contribution is -0.119. The van der Waals surface area contributed by atoms with E-state index >= 15 is 0 Å². The second-order valence-electron chi connectivity index (χ2n) is 3.79. The molecule has 0 aromatic carbocycles. The molecule has 0 radical (unpaired) electrons. The molecular formula is C12H17N3O3. The number of amides is 1. The van der Waals surface area contributed by atoms with Crippen LogP contribution in [0.4, 0.5) is 5.69 Å². The summed E-state index contributed by atoms with van der Waals surface area (Å²) < 4.78 is 0. The molecule has 18 heavy (non-hydrogen) atoms. The third-order valence-electron chi connectivity index (χ3n) is 2.48. The number of aromatic carboxylic acids is 1. The number of carbonyl (C=O) groups is 2. The van der Waals surface area contributed by atoms with E-state index in [0.29, 0.717) is 12.2 Å². The highest BCUT2D eigenvalue weighted by molar-refractivity contribution is 5.95. The fourth-order valence-corrected chi connectivity index (χ4v) is 1.63. The van der Waals surface area contributed by atoms with Gasteiger partial charge in [-0.3, -0.25) is 9.78 Å². The largest absolute Gasteiger partial charge is 0.478 e. The maximum Gasteiger partial charge on any atom is 0.337 e. The first-order valence-corrected chi connectivity index (χ1v) is 5.73. The van der Waals surface area contributed by atoms with Crippen LogP contribution in [0.2, 0.25) is 0 Å². The third-order valence-corrected chi connectivity index (χ3v) is 2.48. The number of rotatable bonds is 6. The Bertz CT molecular complexity index is 434. The highest BCUT2D eigenvalue weighted by atomic mass is 16.4. The highest BCUT2D eigenvalue weighted by Crippen LogP contribution is 2.19. The van der Waals surface area contributed by atoms with Crippen molar-refractivity contribution in [1.82, 2.24) is 10.3 Å². The molecule has 6 heteroatoms. The van der Waals surface area contributed by atoms with Gasteiger partial charge in [0.15, 0.2) is 0 Å². The second kappa shape index (κ2) is 6.58. The minimum Gasteiger partial charge on any atom is -0.478 e. The molecule has 0 atom stereocenters. The summed E-state index contributed by atoms with van der Waals surface area (Å²) in [4.78, 5) is 28.2. The predicted molar refractivity (Wildman–Crippen MR) is 67.8 cm³/mol. The number of nitrogens with one attached hydrogen (secondary N) is 1. The summed E-state index contributed by atoms with van der Waals surface area (Å²) in [5.41, 5.74) is 0.623. The normalized spacial score (nSPS) is 9.89. The molecule has 0 unspecified atom stereocenters. The maximum atomic E-state index is 11.4. The van der Waals surface area contributed by atoms with Crippen LogP contribution in [0, 0.1) is 0 Å². The summed E-state index contributed by atoms with van der Waals surface area (Å²) in [6.07, 6.45) is 3.71. The molecule has 2 N–H and O–H groups in total. The average Bonchev–Trinajstić information content (AvgIpc) is 2.38. The van der Waals surface area contributed by atoms with Crippen LogP contribution < -0.4 is 10.2 Å². The zero-order valence-electron chi connectivity index (χ0n) is 10.5. The average molecular weight is 251 g/mol. The number of nitrogens with zero attached hydrogens (tertiary/aromatic N) is 2. The van der Waals surface area contributed by atoms with Crippen molar-refractivity contribution in [2.75, 3.05) is 25.0 Å². The van der Waals surface area contributed by atoms with Gasteiger partial charge in [0, 0.05) is 19.8 Å². The Morgan fingerprint density at radius 1 is 1.50 bits per heavy atom. The summed E-state index contributed by atoms with van der Waals surface area (Å²) >= 11 is 0. The number of aromatic nitrogens is 1. The van der Waals surface area contributed by atoms with Crippen molar-refractivity contribution in [2.24, 2.45) is 0 Å². The van der Waals surface area contributed by atoms with E-state index in [-0.39, 0.29) is 18.0 Å². The van der Waals surface area contributed by atoms with Gasteiger partial charge in [0.1, 0.15) is 0 Å². The summed E-state index contributed by atoms with van der Waals surface area (Å²) in [5, 5.41) is 11.6. The monoisotopic (exact) mass is 251 g/mol. The molecule has 6 nitrogen and oxygen atoms in total. The van der Waals surface area contributed by atoms with Gasteiger partial charge in [0.25, 0.3) is 0 Å². The van der Waals surface area contributed by atoms with Gasteiger partial charge in [-0.25, -0.2) is 4.79 Å². The van der Waals surface area contributed by atoms with E-state index in [4.69, 9.17) is 5.11 Å². The molecule has 1 amide bonds. The van der Waals surface area contributed by atoms with Crippen LogP contribution in [-0.2, 0) is 4.79 Å². The molecular weight excluding hydrogens is 234 g/mol. The van der Waals surface area contributed by atoms with Gasteiger partial charge in [0.05, 0.1) is 24.0 Å². The fraction of sp³-hybridized carbons (Fsp3) is 0.417. The van der Waals surface area contributed by atoms with Crippen molar-refractivity contribution in [1.29, 1.82) is 0 Å². The van der Waals surface area contributed by atoms with Gasteiger partial charge in [-0.2, -0.15) is 0 Å². The van der Waals surface area contributed by atoms with E-state index in [0.717, 1.165) is 6.42 Å². The third kappa shape index (κ3) is 3.44. The Morgan fingerprint density at radius 3 is 2.78 bits per heavy atom. The van der Waals surface area contributed by atoms with Crippen molar-refractivity contribution < 1.29 is 14.7 Å². The topological polar surface area (TPSA) is 82.5 Å². The summed E-state index contributed by atoms with van der Waals surface area (Å²) in [5.74, 6) is -1.19. The molecule has 98 valence electrons. The molecule has 1 aromatic heterocycles. The fourth-order valence-electron chi connectivity index (χ4n) is 1.63. The Balaban J connectivity index is 3.04. The zero-order valence-corrected chi connectivity index (χ0v) is 10.5. The standard InChI is InChI=1S/C12H17N3O3/c1-3-6-15(8-11(16)13-2)10-7-14-5-4-9(10)12(17)18/h4-5,7H,3,6,8H2,1-2H3,(H,13,16)(H,17,18). The molecule has 0 saturated carbocycles. The van der Waals surface area contributed by atoms with E-state index < -0.39 is 5.97 Å². The summed E-state index contributed by atoms with van der Waals surface area (Å²) in [6, 6.07) is 1.43. The van der Waals surface area contributed by atoms with E-state index in [1.54, 1.807) is 11.9 Å². The molecule has 0 saturated heterocycles. The second-order valence-corrected chi connectivity index (χ2v) is 3.79. The minimum absolute atomic E-state index is 0.121. The first kappa shape index (κ1) is 14.0. The first-order chi connectivity index (χ1) is 8.60. The quantitative estimate of drug-likeness (QED) is 0.779. The number of pyridine rings is 1. The van der Waals surface area contributed by atoms with Crippen molar-refractivity contribution in [3.63, 3.8) is 0 Å². The maximum absolute atomic E-state index is 11.4. The van der Waals surface area contributed by atoms with E-state index in [2.05, 4.69) is 10.3 Å². The van der Waals surface area contributed by atoms with Crippen LogP contribution in [0.3, 0.4) is 0 Å². The smallest absolute Gasteiger partial charge is 0.337 e. The molecule has 0 aliphatic carbocycles. The first-order valence-electron chi connectivity index (χ1n) is 5.73. The molecule has 1 rings (SSSR count). The van der Waals surface area contributed by atoms with Crippen molar-refractivity contribution >= 4 is 17.6 Å². The van der Waals surface area contributed by atoms with E-state index in [1.807, 2.05) is 6.92 Å². The van der Waals surface area contributed by atoms with Crippen molar-refractivity contribution in [3.05, 3.63) is 24.0 Å². The Morgan fingerprint density at radius 2 is 2.22 bits per heavy atom. The van der Waals surface area contributed by atoms with Crippen LogP contribution >= 0.6 is 0 Å². The number of hydrogen-bond donors (Lipinski definition) is 2. The van der Waals surface area contributed by atoms with Crippen molar-refractivity contribution in [3.8, 4) is 0 Å². The summed E-state index contributed by atoms with van der Waals surface area (Å²) in [6.45, 7) is 2.68. The Hall–Kier alpha value is -2.11. The lowest BCUT2D eigenvalue weighted by Gasteiger charge is -2.24. The minimum atomic E-state index is -1.02. The lowest BCUT2D eigenvalue weighted by Crippen LogP contribution is -2.37. The molecule has 0 fully saturated rings. The lowest BCUT2D eigenvalue weighted by atomic mass is 10.2. The number of carboxylic acids is 1. The van der Waals surface area contributed by atoms with Gasteiger partial charge in [-0.15, -0.1) is 0 Å². The number of carboxylic acid groups (broad SMARTS) is 1. The van der Waals surface area contributed by atoms with Crippen LogP contribution in [0.1, 0.15) is 23.7 Å². The number of anilines is 1. The highest BCUT2D eigenvalue weighted by Gasteiger charge is 2.17. The van der Waals surface area contributed by atoms with Gasteiger partial charge in [0.2, 0.25) is 5.91 Å². The SMILES string of the molecule is CCCN(CC(=O)NC)c1cnccc1C(=O)O. The van der Waals surface area contributed by atoms with Crippen LogP contribution in [0.5, 0.6) is 0 Å². The molecule has 0 spiro atoms. The van der Waals surface area contributed by atoms with Gasteiger partial charge >= 0.3 is 5.97 Å².